The number of nitrogens with zero attached hydrogens (tertiary/aromatic N) is 1. The fourth-order valence-electron chi connectivity index (χ4n) is 2.00. The number of rotatable bonds is 3. The Morgan fingerprint density at radius 1 is 1.33 bits per heavy atom. The molecule has 1 aliphatic heterocycles. The minimum atomic E-state index is 0.227. The average molecular weight is 206 g/mol. The fourth-order valence-corrected chi connectivity index (χ4v) is 2.00. The molecule has 1 fully saturated rings. The molecule has 0 unspecified atom stereocenters. The third-order valence-corrected chi connectivity index (χ3v) is 2.81. The second-order valence-corrected chi connectivity index (χ2v) is 4.05. The van der Waals surface area contributed by atoms with E-state index in [9.17, 15) is 0 Å². The van der Waals surface area contributed by atoms with E-state index in [1.807, 2.05) is 6.07 Å². The molecule has 0 aliphatic carbocycles. The van der Waals surface area contributed by atoms with Gasteiger partial charge in [-0.25, -0.2) is 0 Å². The van der Waals surface area contributed by atoms with E-state index in [1.54, 1.807) is 0 Å². The van der Waals surface area contributed by atoms with Gasteiger partial charge in [0.15, 0.2) is 0 Å². The molecule has 1 aliphatic rings. The van der Waals surface area contributed by atoms with Crippen LogP contribution >= 0.6 is 0 Å². The number of benzene rings is 1. The zero-order chi connectivity index (χ0) is 10.5. The van der Waals surface area contributed by atoms with Crippen LogP contribution in [0.25, 0.3) is 0 Å². The molecule has 0 spiro atoms. The highest BCUT2D eigenvalue weighted by molar-refractivity contribution is 5.14. The molecule has 15 heavy (non-hydrogen) atoms. The molecule has 0 saturated carbocycles. The van der Waals surface area contributed by atoms with Gasteiger partial charge in [0.2, 0.25) is 0 Å². The lowest BCUT2D eigenvalue weighted by Gasteiger charge is -2.32. The summed E-state index contributed by atoms with van der Waals surface area (Å²) in [6.07, 6.45) is 0. The first-order chi connectivity index (χ1) is 7.38. The van der Waals surface area contributed by atoms with Gasteiger partial charge in [-0.3, -0.25) is 4.90 Å². The summed E-state index contributed by atoms with van der Waals surface area (Å²) >= 11 is 0. The van der Waals surface area contributed by atoms with E-state index in [2.05, 4.69) is 34.5 Å². The van der Waals surface area contributed by atoms with Crippen LogP contribution in [0, 0.1) is 0 Å². The van der Waals surface area contributed by atoms with Crippen LogP contribution in [0.5, 0.6) is 0 Å². The van der Waals surface area contributed by atoms with Crippen molar-refractivity contribution in [2.45, 2.75) is 12.6 Å². The first kappa shape index (κ1) is 10.6. The third-order valence-electron chi connectivity index (χ3n) is 2.81. The lowest BCUT2D eigenvalue weighted by Crippen LogP contribution is -2.51. The number of piperazine rings is 1. The standard InChI is InChI=1S/C12H18N2O/c15-10-12-9-14(7-6-13-12)8-11-4-2-1-3-5-11/h1-5,12-13,15H,6-10H2/t12-/m1/s1. The van der Waals surface area contributed by atoms with Crippen molar-refractivity contribution < 1.29 is 5.11 Å². The monoisotopic (exact) mass is 206 g/mol. The SMILES string of the molecule is OC[C@H]1CN(Cc2ccccc2)CCN1. The Morgan fingerprint density at radius 3 is 2.87 bits per heavy atom. The minimum absolute atomic E-state index is 0.227. The largest absolute Gasteiger partial charge is 0.395 e. The van der Waals surface area contributed by atoms with E-state index in [-0.39, 0.29) is 12.6 Å². The Hall–Kier alpha value is -0.900. The lowest BCUT2D eigenvalue weighted by molar-refractivity contribution is 0.143. The van der Waals surface area contributed by atoms with Gasteiger partial charge in [-0.1, -0.05) is 30.3 Å². The Kier molecular flexibility index (Phi) is 3.72. The summed E-state index contributed by atoms with van der Waals surface area (Å²) in [7, 11) is 0. The first-order valence-corrected chi connectivity index (χ1v) is 5.49. The molecule has 82 valence electrons. The van der Waals surface area contributed by atoms with E-state index < -0.39 is 0 Å². The summed E-state index contributed by atoms with van der Waals surface area (Å²) in [5, 5.41) is 12.4. The highest BCUT2D eigenvalue weighted by Gasteiger charge is 2.17. The van der Waals surface area contributed by atoms with Gasteiger partial charge in [0.1, 0.15) is 0 Å². The Labute approximate surface area is 90.7 Å². The normalized spacial score (nSPS) is 22.9. The molecule has 1 aromatic carbocycles. The molecule has 2 N–H and O–H groups in total. The van der Waals surface area contributed by atoms with Crippen LogP contribution in [0.1, 0.15) is 5.56 Å². The number of aliphatic hydroxyl groups excluding tert-OH is 1. The Bertz CT molecular complexity index is 289. The van der Waals surface area contributed by atoms with Crippen LogP contribution in [-0.2, 0) is 6.54 Å². The van der Waals surface area contributed by atoms with Gasteiger partial charge in [0, 0.05) is 32.2 Å². The third kappa shape index (κ3) is 3.02. The summed E-state index contributed by atoms with van der Waals surface area (Å²) in [4.78, 5) is 2.38. The van der Waals surface area contributed by atoms with Gasteiger partial charge in [-0.2, -0.15) is 0 Å². The molecule has 0 amide bonds. The van der Waals surface area contributed by atoms with Crippen molar-refractivity contribution in [1.29, 1.82) is 0 Å². The van der Waals surface area contributed by atoms with Crippen LogP contribution < -0.4 is 5.32 Å². The fraction of sp³-hybridized carbons (Fsp3) is 0.500. The second-order valence-electron chi connectivity index (χ2n) is 4.05. The van der Waals surface area contributed by atoms with E-state index >= 15 is 0 Å². The molecular weight excluding hydrogens is 188 g/mol. The number of nitrogens with one attached hydrogen (secondary N) is 1. The molecule has 1 saturated heterocycles. The summed E-state index contributed by atoms with van der Waals surface area (Å²) in [6.45, 7) is 4.18. The van der Waals surface area contributed by atoms with Gasteiger partial charge in [-0.15, -0.1) is 0 Å². The maximum Gasteiger partial charge on any atom is 0.0597 e. The van der Waals surface area contributed by atoms with Crippen molar-refractivity contribution in [2.24, 2.45) is 0 Å². The van der Waals surface area contributed by atoms with Crippen molar-refractivity contribution in [3.8, 4) is 0 Å². The predicted molar refractivity (Wildman–Crippen MR) is 60.6 cm³/mol. The van der Waals surface area contributed by atoms with Crippen LogP contribution in [-0.4, -0.2) is 42.3 Å². The molecule has 3 nitrogen and oxygen atoms in total. The van der Waals surface area contributed by atoms with Crippen molar-refractivity contribution in [3.63, 3.8) is 0 Å². The van der Waals surface area contributed by atoms with Gasteiger partial charge < -0.3 is 10.4 Å². The smallest absolute Gasteiger partial charge is 0.0597 e. The number of hydrogen-bond acceptors (Lipinski definition) is 3. The van der Waals surface area contributed by atoms with Gasteiger partial charge >= 0.3 is 0 Å². The quantitative estimate of drug-likeness (QED) is 0.754. The molecule has 1 aromatic rings. The molecule has 0 bridgehead atoms. The predicted octanol–water partition coefficient (Wildman–Crippen LogP) is 0.453. The molecular formula is C12H18N2O. The van der Waals surface area contributed by atoms with Gasteiger partial charge in [0.05, 0.1) is 6.61 Å². The van der Waals surface area contributed by atoms with Crippen molar-refractivity contribution >= 4 is 0 Å². The molecule has 0 radical (unpaired) electrons. The lowest BCUT2D eigenvalue weighted by atomic mass is 10.1. The molecule has 2 rings (SSSR count). The van der Waals surface area contributed by atoms with E-state index in [0.717, 1.165) is 26.2 Å². The summed E-state index contributed by atoms with van der Waals surface area (Å²) in [6, 6.07) is 10.7. The highest BCUT2D eigenvalue weighted by atomic mass is 16.3. The summed E-state index contributed by atoms with van der Waals surface area (Å²) < 4.78 is 0. The van der Waals surface area contributed by atoms with Gasteiger partial charge in [0.25, 0.3) is 0 Å². The van der Waals surface area contributed by atoms with Crippen LogP contribution in [0.4, 0.5) is 0 Å². The van der Waals surface area contributed by atoms with Crippen LogP contribution in [0.3, 0.4) is 0 Å². The zero-order valence-corrected chi connectivity index (χ0v) is 8.89. The number of aliphatic hydroxyl groups is 1. The maximum atomic E-state index is 9.09. The topological polar surface area (TPSA) is 35.5 Å². The zero-order valence-electron chi connectivity index (χ0n) is 8.89. The molecule has 0 aromatic heterocycles. The van der Waals surface area contributed by atoms with E-state index in [0.29, 0.717) is 0 Å². The molecule has 1 atom stereocenters. The second kappa shape index (κ2) is 5.26. The van der Waals surface area contributed by atoms with Crippen molar-refractivity contribution in [1.82, 2.24) is 10.2 Å². The van der Waals surface area contributed by atoms with E-state index in [1.165, 1.54) is 5.56 Å². The summed E-state index contributed by atoms with van der Waals surface area (Å²) in [5.74, 6) is 0. The first-order valence-electron chi connectivity index (χ1n) is 5.49. The maximum absolute atomic E-state index is 9.09. The van der Waals surface area contributed by atoms with Crippen LogP contribution in [0.15, 0.2) is 30.3 Å². The molecule has 1 heterocycles. The Balaban J connectivity index is 1.89. The van der Waals surface area contributed by atoms with Crippen LogP contribution in [0.2, 0.25) is 0 Å². The summed E-state index contributed by atoms with van der Waals surface area (Å²) in [5.41, 5.74) is 1.34. The van der Waals surface area contributed by atoms with Crippen molar-refractivity contribution in [3.05, 3.63) is 35.9 Å². The highest BCUT2D eigenvalue weighted by Crippen LogP contribution is 2.06. The van der Waals surface area contributed by atoms with Crippen molar-refractivity contribution in [2.75, 3.05) is 26.2 Å². The minimum Gasteiger partial charge on any atom is -0.395 e. The average Bonchev–Trinajstić information content (AvgIpc) is 2.31. The molecule has 3 heteroatoms. The van der Waals surface area contributed by atoms with E-state index in [4.69, 9.17) is 5.11 Å². The number of hydrogen-bond donors (Lipinski definition) is 2. The Morgan fingerprint density at radius 2 is 2.13 bits per heavy atom. The van der Waals surface area contributed by atoms with Gasteiger partial charge in [-0.05, 0) is 5.56 Å².